The van der Waals surface area contributed by atoms with Crippen LogP contribution in [-0.4, -0.2) is 38.5 Å². The number of ether oxygens (including phenoxy) is 1. The minimum absolute atomic E-state index is 0.140. The molecule has 98 valence electrons. The Labute approximate surface area is 102 Å². The Balaban J connectivity index is 2.06. The Bertz CT molecular complexity index is 433. The average molecular weight is 255 g/mol. The van der Waals surface area contributed by atoms with E-state index in [1.807, 2.05) is 0 Å². The van der Waals surface area contributed by atoms with Crippen LogP contribution in [-0.2, 0) is 11.3 Å². The molecule has 1 aromatic heterocycles. The fraction of sp³-hybridized carbons (Fsp3) is 0.600. The fourth-order valence-electron chi connectivity index (χ4n) is 1.96. The van der Waals surface area contributed by atoms with Crippen LogP contribution in [0.4, 0.5) is 5.69 Å². The van der Waals surface area contributed by atoms with Crippen LogP contribution < -0.4 is 0 Å². The summed E-state index contributed by atoms with van der Waals surface area (Å²) < 4.78 is 6.71. The van der Waals surface area contributed by atoms with E-state index in [9.17, 15) is 14.9 Å². The molecule has 2 rings (SSSR count). The molecule has 1 fully saturated rings. The number of rotatable bonds is 5. The van der Waals surface area contributed by atoms with Crippen molar-refractivity contribution in [2.45, 2.75) is 31.9 Å². The van der Waals surface area contributed by atoms with Gasteiger partial charge in [-0.25, -0.2) is 4.79 Å². The molecule has 18 heavy (non-hydrogen) atoms. The number of aromatic nitrogens is 2. The maximum atomic E-state index is 10.8. The molecule has 8 heteroatoms. The molecule has 1 unspecified atom stereocenters. The Hall–Kier alpha value is -1.96. The maximum Gasteiger partial charge on any atom is 0.363 e. The van der Waals surface area contributed by atoms with Crippen molar-refractivity contribution in [1.29, 1.82) is 0 Å². The van der Waals surface area contributed by atoms with Crippen molar-refractivity contribution >= 4 is 11.7 Å². The lowest BCUT2D eigenvalue weighted by Gasteiger charge is -2.08. The number of nitro groups is 1. The molecule has 0 bridgehead atoms. The third kappa shape index (κ3) is 2.65. The predicted octanol–water partition coefficient (Wildman–Crippen LogP) is 1.06. The van der Waals surface area contributed by atoms with Gasteiger partial charge >= 0.3 is 11.7 Å². The number of carboxylic acid groups (broad SMARTS) is 1. The van der Waals surface area contributed by atoms with Gasteiger partial charge in [-0.3, -0.25) is 14.8 Å². The van der Waals surface area contributed by atoms with Crippen LogP contribution in [0.5, 0.6) is 0 Å². The Morgan fingerprint density at radius 2 is 2.50 bits per heavy atom. The van der Waals surface area contributed by atoms with E-state index < -0.39 is 22.3 Å². The highest BCUT2D eigenvalue weighted by Gasteiger charge is 2.25. The van der Waals surface area contributed by atoms with E-state index >= 15 is 0 Å². The molecule has 0 aromatic carbocycles. The number of carbonyl (C=O) groups is 1. The first-order chi connectivity index (χ1) is 8.58. The van der Waals surface area contributed by atoms with E-state index in [2.05, 4.69) is 5.10 Å². The lowest BCUT2D eigenvalue weighted by atomic mass is 10.2. The van der Waals surface area contributed by atoms with Gasteiger partial charge in [0.2, 0.25) is 5.69 Å². The van der Waals surface area contributed by atoms with Crippen molar-refractivity contribution in [3.05, 3.63) is 22.0 Å². The molecule has 0 radical (unpaired) electrons. The zero-order valence-corrected chi connectivity index (χ0v) is 9.61. The molecule has 1 aliphatic rings. The minimum Gasteiger partial charge on any atom is -0.476 e. The van der Waals surface area contributed by atoms with Crippen LogP contribution in [0.15, 0.2) is 6.20 Å². The quantitative estimate of drug-likeness (QED) is 0.622. The summed E-state index contributed by atoms with van der Waals surface area (Å²) in [4.78, 5) is 20.7. The van der Waals surface area contributed by atoms with Gasteiger partial charge in [-0.2, -0.15) is 5.10 Å². The summed E-state index contributed by atoms with van der Waals surface area (Å²) in [6.45, 7) is 1.16. The lowest BCUT2D eigenvalue weighted by Crippen LogP contribution is -2.11. The standard InChI is InChI=1S/C10H13N3O5/c14-10(15)9-8(13(16)17)6-12(11-9)4-3-7-2-1-5-18-7/h6-7H,1-5H2,(H,14,15). The summed E-state index contributed by atoms with van der Waals surface area (Å²) in [6, 6.07) is 0. The van der Waals surface area contributed by atoms with Crippen molar-refractivity contribution < 1.29 is 19.6 Å². The lowest BCUT2D eigenvalue weighted by molar-refractivity contribution is -0.385. The second kappa shape index (κ2) is 5.13. The molecular formula is C10H13N3O5. The highest BCUT2D eigenvalue weighted by Crippen LogP contribution is 2.19. The molecule has 1 saturated heterocycles. The monoisotopic (exact) mass is 255 g/mol. The highest BCUT2D eigenvalue weighted by atomic mass is 16.6. The smallest absolute Gasteiger partial charge is 0.363 e. The molecule has 1 N–H and O–H groups in total. The first-order valence-corrected chi connectivity index (χ1v) is 5.64. The summed E-state index contributed by atoms with van der Waals surface area (Å²) in [6.07, 6.45) is 3.96. The second-order valence-electron chi connectivity index (χ2n) is 4.11. The first-order valence-electron chi connectivity index (χ1n) is 5.64. The third-order valence-corrected chi connectivity index (χ3v) is 2.85. The van der Waals surface area contributed by atoms with Gasteiger partial charge < -0.3 is 9.84 Å². The van der Waals surface area contributed by atoms with Crippen molar-refractivity contribution in [3.63, 3.8) is 0 Å². The van der Waals surface area contributed by atoms with Crippen LogP contribution in [0, 0.1) is 10.1 Å². The highest BCUT2D eigenvalue weighted by molar-refractivity contribution is 5.89. The Morgan fingerprint density at radius 1 is 1.72 bits per heavy atom. The largest absolute Gasteiger partial charge is 0.476 e. The maximum absolute atomic E-state index is 10.8. The topological polar surface area (TPSA) is 107 Å². The van der Waals surface area contributed by atoms with Crippen molar-refractivity contribution in [2.75, 3.05) is 6.61 Å². The van der Waals surface area contributed by atoms with Gasteiger partial charge in [-0.1, -0.05) is 0 Å². The molecular weight excluding hydrogens is 242 g/mol. The van der Waals surface area contributed by atoms with Crippen LogP contribution in [0.25, 0.3) is 0 Å². The SMILES string of the molecule is O=C(O)c1nn(CCC2CCCO2)cc1[N+](=O)[O-]. The van der Waals surface area contributed by atoms with E-state index in [1.165, 1.54) is 4.68 Å². The molecule has 1 atom stereocenters. The zero-order valence-electron chi connectivity index (χ0n) is 9.61. The summed E-state index contributed by atoms with van der Waals surface area (Å²) in [7, 11) is 0. The van der Waals surface area contributed by atoms with Gasteiger partial charge in [0.1, 0.15) is 6.20 Å². The summed E-state index contributed by atoms with van der Waals surface area (Å²) >= 11 is 0. The van der Waals surface area contributed by atoms with Crippen LogP contribution in [0.1, 0.15) is 29.8 Å². The predicted molar refractivity (Wildman–Crippen MR) is 59.4 cm³/mol. The van der Waals surface area contributed by atoms with Gasteiger partial charge in [0, 0.05) is 13.2 Å². The number of hydrogen-bond donors (Lipinski definition) is 1. The second-order valence-corrected chi connectivity index (χ2v) is 4.11. The van der Waals surface area contributed by atoms with Crippen molar-refractivity contribution in [1.82, 2.24) is 9.78 Å². The molecule has 1 aromatic rings. The molecule has 0 aliphatic carbocycles. The van der Waals surface area contributed by atoms with Crippen molar-refractivity contribution in [2.24, 2.45) is 0 Å². The van der Waals surface area contributed by atoms with E-state index in [0.29, 0.717) is 13.0 Å². The van der Waals surface area contributed by atoms with Crippen LogP contribution in [0.3, 0.4) is 0 Å². The summed E-state index contributed by atoms with van der Waals surface area (Å²) in [5, 5.41) is 23.2. The zero-order chi connectivity index (χ0) is 13.1. The van der Waals surface area contributed by atoms with E-state index in [1.54, 1.807) is 0 Å². The molecule has 1 aliphatic heterocycles. The molecule has 2 heterocycles. The summed E-state index contributed by atoms with van der Waals surface area (Å²) in [5.74, 6) is -1.39. The van der Waals surface area contributed by atoms with Gasteiger partial charge in [0.25, 0.3) is 0 Å². The number of carboxylic acids is 1. The van der Waals surface area contributed by atoms with Crippen LogP contribution >= 0.6 is 0 Å². The van der Waals surface area contributed by atoms with E-state index in [4.69, 9.17) is 9.84 Å². The Kier molecular flexibility index (Phi) is 3.56. The molecule has 0 spiro atoms. The number of aryl methyl sites for hydroxylation is 1. The summed E-state index contributed by atoms with van der Waals surface area (Å²) in [5.41, 5.74) is -0.998. The van der Waals surface area contributed by atoms with E-state index in [0.717, 1.165) is 25.6 Å². The molecule has 8 nitrogen and oxygen atoms in total. The normalized spacial score (nSPS) is 19.0. The number of aromatic carboxylic acids is 1. The van der Waals surface area contributed by atoms with Crippen LogP contribution in [0.2, 0.25) is 0 Å². The van der Waals surface area contributed by atoms with Gasteiger partial charge in [0.05, 0.1) is 11.0 Å². The van der Waals surface area contributed by atoms with Gasteiger partial charge in [-0.05, 0) is 19.3 Å². The fourth-order valence-corrected chi connectivity index (χ4v) is 1.96. The number of nitrogens with zero attached hydrogens (tertiary/aromatic N) is 3. The van der Waals surface area contributed by atoms with Crippen molar-refractivity contribution in [3.8, 4) is 0 Å². The minimum atomic E-state index is -1.39. The Morgan fingerprint density at radius 3 is 3.00 bits per heavy atom. The molecule has 0 amide bonds. The van der Waals surface area contributed by atoms with Gasteiger partial charge in [-0.15, -0.1) is 0 Å². The third-order valence-electron chi connectivity index (χ3n) is 2.85. The van der Waals surface area contributed by atoms with Gasteiger partial charge in [0.15, 0.2) is 0 Å². The van der Waals surface area contributed by atoms with E-state index in [-0.39, 0.29) is 6.10 Å². The molecule has 0 saturated carbocycles. The first kappa shape index (κ1) is 12.5. The average Bonchev–Trinajstić information content (AvgIpc) is 2.95. The number of hydrogen-bond acceptors (Lipinski definition) is 5.